The van der Waals surface area contributed by atoms with Crippen molar-refractivity contribution in [3.8, 4) is 5.75 Å². The van der Waals surface area contributed by atoms with Gasteiger partial charge in [-0.25, -0.2) is 13.1 Å². The van der Waals surface area contributed by atoms with Crippen molar-refractivity contribution in [3.05, 3.63) is 58.7 Å². The first-order valence-corrected chi connectivity index (χ1v) is 11.7. The molecule has 0 amide bonds. The minimum atomic E-state index is -3.54. The lowest BCUT2D eigenvalue weighted by molar-refractivity contribution is 0.406. The lowest BCUT2D eigenvalue weighted by atomic mass is 10.0. The Balaban J connectivity index is 1.97. The molecular weight excluding hydrogens is 378 g/mol. The predicted molar refractivity (Wildman–Crippen MR) is 114 cm³/mol. The van der Waals surface area contributed by atoms with Crippen LogP contribution in [0.1, 0.15) is 42.0 Å². The van der Waals surface area contributed by atoms with E-state index in [0.29, 0.717) is 17.0 Å². The summed E-state index contributed by atoms with van der Waals surface area (Å²) >= 11 is 1.72. The molecule has 0 bridgehead atoms. The zero-order chi connectivity index (χ0) is 20.0. The van der Waals surface area contributed by atoms with Gasteiger partial charge in [-0.3, -0.25) is 0 Å². The normalized spacial score (nSPS) is 11.8. The zero-order valence-electron chi connectivity index (χ0n) is 16.7. The molecule has 1 N–H and O–H groups in total. The lowest BCUT2D eigenvalue weighted by Crippen LogP contribution is -2.27. The standard InChI is InChI=1S/C21H29NO3S2/c1-15(2)19-13-21(17(4)12-20(19)25-5)27(23,24)22-10-11-26-14-18-8-6-16(3)7-9-18/h6-9,12-13,15,22H,10-11,14H2,1-5H3. The summed E-state index contributed by atoms with van der Waals surface area (Å²) in [5.74, 6) is 2.51. The zero-order valence-corrected chi connectivity index (χ0v) is 18.3. The molecule has 0 aliphatic carbocycles. The Kier molecular flexibility index (Phi) is 7.77. The second kappa shape index (κ2) is 9.62. The fraction of sp³-hybridized carbons (Fsp3) is 0.429. The highest BCUT2D eigenvalue weighted by molar-refractivity contribution is 7.98. The number of sulfonamides is 1. The second-order valence-electron chi connectivity index (χ2n) is 6.95. The third-order valence-electron chi connectivity index (χ3n) is 4.37. The van der Waals surface area contributed by atoms with Gasteiger partial charge < -0.3 is 4.74 Å². The summed E-state index contributed by atoms with van der Waals surface area (Å²) in [6.07, 6.45) is 0. The molecule has 0 atom stereocenters. The summed E-state index contributed by atoms with van der Waals surface area (Å²) in [7, 11) is -1.93. The van der Waals surface area contributed by atoms with Crippen molar-refractivity contribution in [1.82, 2.24) is 4.72 Å². The van der Waals surface area contributed by atoms with E-state index in [2.05, 4.69) is 35.9 Å². The molecule has 2 aromatic carbocycles. The van der Waals surface area contributed by atoms with Gasteiger partial charge in [-0.2, -0.15) is 11.8 Å². The van der Waals surface area contributed by atoms with Crippen molar-refractivity contribution in [2.24, 2.45) is 0 Å². The van der Waals surface area contributed by atoms with Crippen LogP contribution >= 0.6 is 11.8 Å². The molecule has 6 heteroatoms. The molecule has 0 spiro atoms. The number of aryl methyl sites for hydroxylation is 2. The Morgan fingerprint density at radius 2 is 1.78 bits per heavy atom. The molecule has 0 saturated heterocycles. The van der Waals surface area contributed by atoms with Gasteiger partial charge >= 0.3 is 0 Å². The molecule has 0 aliphatic heterocycles. The lowest BCUT2D eigenvalue weighted by Gasteiger charge is -2.16. The highest BCUT2D eigenvalue weighted by atomic mass is 32.2. The number of thioether (sulfide) groups is 1. The monoisotopic (exact) mass is 407 g/mol. The van der Waals surface area contributed by atoms with Gasteiger partial charge in [0.25, 0.3) is 0 Å². The van der Waals surface area contributed by atoms with E-state index in [1.54, 1.807) is 37.9 Å². The maximum absolute atomic E-state index is 12.7. The van der Waals surface area contributed by atoms with Gasteiger partial charge in [0.2, 0.25) is 10.0 Å². The molecule has 0 heterocycles. The second-order valence-corrected chi connectivity index (χ2v) is 9.79. The molecule has 0 fully saturated rings. The number of methoxy groups -OCH3 is 1. The molecule has 0 aliphatic rings. The van der Waals surface area contributed by atoms with E-state index >= 15 is 0 Å². The van der Waals surface area contributed by atoms with Crippen LogP contribution in [0.2, 0.25) is 0 Å². The van der Waals surface area contributed by atoms with Crippen molar-refractivity contribution in [3.63, 3.8) is 0 Å². The van der Waals surface area contributed by atoms with E-state index in [1.807, 2.05) is 13.8 Å². The van der Waals surface area contributed by atoms with Crippen molar-refractivity contribution < 1.29 is 13.2 Å². The molecule has 2 rings (SSSR count). The summed E-state index contributed by atoms with van der Waals surface area (Å²) in [5, 5.41) is 0. The van der Waals surface area contributed by atoms with Crippen molar-refractivity contribution >= 4 is 21.8 Å². The maximum Gasteiger partial charge on any atom is 0.240 e. The Hall–Kier alpha value is -1.50. The van der Waals surface area contributed by atoms with E-state index in [4.69, 9.17) is 4.74 Å². The van der Waals surface area contributed by atoms with E-state index in [-0.39, 0.29) is 5.92 Å². The largest absolute Gasteiger partial charge is 0.496 e. The van der Waals surface area contributed by atoms with Gasteiger partial charge in [0.1, 0.15) is 5.75 Å². The van der Waals surface area contributed by atoms with Gasteiger partial charge in [0.05, 0.1) is 12.0 Å². The third kappa shape index (κ3) is 5.99. The first-order valence-electron chi connectivity index (χ1n) is 9.06. The summed E-state index contributed by atoms with van der Waals surface area (Å²) in [6.45, 7) is 8.32. The molecule has 0 aromatic heterocycles. The Bertz CT molecular complexity index is 860. The van der Waals surface area contributed by atoms with Crippen LogP contribution < -0.4 is 9.46 Å². The average Bonchev–Trinajstić information content (AvgIpc) is 2.62. The average molecular weight is 408 g/mol. The minimum Gasteiger partial charge on any atom is -0.496 e. The number of benzene rings is 2. The Morgan fingerprint density at radius 1 is 1.11 bits per heavy atom. The maximum atomic E-state index is 12.7. The first-order chi connectivity index (χ1) is 12.7. The van der Waals surface area contributed by atoms with Gasteiger partial charge in [-0.1, -0.05) is 43.7 Å². The van der Waals surface area contributed by atoms with Crippen LogP contribution in [0.3, 0.4) is 0 Å². The van der Waals surface area contributed by atoms with E-state index < -0.39 is 10.0 Å². The van der Waals surface area contributed by atoms with Gasteiger partial charge in [-0.15, -0.1) is 0 Å². The molecule has 27 heavy (non-hydrogen) atoms. The van der Waals surface area contributed by atoms with Crippen LogP contribution in [-0.4, -0.2) is 27.8 Å². The van der Waals surface area contributed by atoms with E-state index in [9.17, 15) is 8.42 Å². The van der Waals surface area contributed by atoms with Crippen molar-refractivity contribution in [2.75, 3.05) is 19.4 Å². The molecule has 0 saturated carbocycles. The van der Waals surface area contributed by atoms with Crippen LogP contribution in [0.5, 0.6) is 5.75 Å². The van der Waals surface area contributed by atoms with Gasteiger partial charge in [-0.05, 0) is 48.6 Å². The smallest absolute Gasteiger partial charge is 0.240 e. The molecule has 0 unspecified atom stereocenters. The molecular formula is C21H29NO3S2. The number of nitrogens with one attached hydrogen (secondary N) is 1. The Morgan fingerprint density at radius 3 is 2.37 bits per heavy atom. The number of ether oxygens (including phenoxy) is 1. The van der Waals surface area contributed by atoms with Gasteiger partial charge in [0, 0.05) is 18.1 Å². The van der Waals surface area contributed by atoms with Crippen LogP contribution in [0.25, 0.3) is 0 Å². The summed E-state index contributed by atoms with van der Waals surface area (Å²) < 4.78 is 33.6. The van der Waals surface area contributed by atoms with Crippen LogP contribution in [0.15, 0.2) is 41.3 Å². The highest BCUT2D eigenvalue weighted by Crippen LogP contribution is 2.31. The number of hydrogen-bond acceptors (Lipinski definition) is 4. The molecule has 0 radical (unpaired) electrons. The molecule has 4 nitrogen and oxygen atoms in total. The van der Waals surface area contributed by atoms with E-state index in [0.717, 1.165) is 22.8 Å². The van der Waals surface area contributed by atoms with Crippen LogP contribution in [0, 0.1) is 13.8 Å². The SMILES string of the molecule is COc1cc(C)c(S(=O)(=O)NCCSCc2ccc(C)cc2)cc1C(C)C. The summed E-state index contributed by atoms with van der Waals surface area (Å²) in [4.78, 5) is 0.329. The summed E-state index contributed by atoms with van der Waals surface area (Å²) in [5.41, 5.74) is 4.08. The van der Waals surface area contributed by atoms with Crippen molar-refractivity contribution in [2.45, 2.75) is 44.3 Å². The Labute approximate surface area is 167 Å². The fourth-order valence-electron chi connectivity index (χ4n) is 2.80. The van der Waals surface area contributed by atoms with Crippen LogP contribution in [-0.2, 0) is 15.8 Å². The minimum absolute atomic E-state index is 0.180. The van der Waals surface area contributed by atoms with E-state index in [1.165, 1.54) is 11.1 Å². The molecule has 148 valence electrons. The number of rotatable bonds is 9. The number of hydrogen-bond donors (Lipinski definition) is 1. The quantitative estimate of drug-likeness (QED) is 0.615. The van der Waals surface area contributed by atoms with Gasteiger partial charge in [0.15, 0.2) is 0 Å². The first kappa shape index (κ1) is 21.8. The fourth-order valence-corrected chi connectivity index (χ4v) is 5.03. The topological polar surface area (TPSA) is 55.4 Å². The van der Waals surface area contributed by atoms with Crippen LogP contribution in [0.4, 0.5) is 0 Å². The third-order valence-corrected chi connectivity index (χ3v) is 7.00. The predicted octanol–water partition coefficient (Wildman–Crippen LogP) is 4.65. The molecule has 2 aromatic rings. The summed E-state index contributed by atoms with van der Waals surface area (Å²) in [6, 6.07) is 12.0. The van der Waals surface area contributed by atoms with Crippen molar-refractivity contribution in [1.29, 1.82) is 0 Å². The highest BCUT2D eigenvalue weighted by Gasteiger charge is 2.20.